The number of fused-ring (bicyclic) bond motifs is 1. The summed E-state index contributed by atoms with van der Waals surface area (Å²) in [5.41, 5.74) is 10.5. The number of carbonyl (C=O) groups excluding carboxylic acids is 3. The van der Waals surface area contributed by atoms with Gasteiger partial charge in [-0.3, -0.25) is 14.4 Å². The second-order valence-corrected chi connectivity index (χ2v) is 6.87. The van der Waals surface area contributed by atoms with Crippen molar-refractivity contribution in [3.05, 3.63) is 24.8 Å². The minimum atomic E-state index is -0.572. The predicted octanol–water partition coefficient (Wildman–Crippen LogP) is 2.65. The first kappa shape index (κ1) is 29.1. The van der Waals surface area contributed by atoms with Crippen molar-refractivity contribution in [3.8, 4) is 0 Å². The van der Waals surface area contributed by atoms with Crippen molar-refractivity contribution in [1.29, 1.82) is 0 Å². The number of allylic oxidation sites excluding steroid dienone is 3. The number of piperidine rings is 1. The third-order valence-corrected chi connectivity index (χ3v) is 4.31. The van der Waals surface area contributed by atoms with E-state index in [1.807, 2.05) is 32.1 Å². The quantitative estimate of drug-likeness (QED) is 0.617. The summed E-state index contributed by atoms with van der Waals surface area (Å²) in [5.74, 6) is -1.05. The first-order chi connectivity index (χ1) is 13.8. The molecule has 2 aliphatic rings. The minimum Gasteiger partial charge on any atom is -0.368 e. The van der Waals surface area contributed by atoms with Gasteiger partial charge in [-0.1, -0.05) is 45.4 Å². The molecule has 3 atom stereocenters. The maximum atomic E-state index is 12.2. The van der Waals surface area contributed by atoms with Crippen LogP contribution in [0.4, 0.5) is 0 Å². The monoisotopic (exact) mass is 410 g/mol. The van der Waals surface area contributed by atoms with Gasteiger partial charge in [-0.05, 0) is 46.0 Å². The van der Waals surface area contributed by atoms with E-state index in [4.69, 9.17) is 11.5 Å². The van der Waals surface area contributed by atoms with Crippen LogP contribution in [0, 0.1) is 0 Å². The van der Waals surface area contributed by atoms with E-state index < -0.39 is 18.0 Å². The van der Waals surface area contributed by atoms with Gasteiger partial charge in [0.05, 0.1) is 6.54 Å². The summed E-state index contributed by atoms with van der Waals surface area (Å²) < 4.78 is 0. The molecule has 168 valence electrons. The highest BCUT2D eigenvalue weighted by Gasteiger charge is 2.45. The van der Waals surface area contributed by atoms with Crippen molar-refractivity contribution in [2.75, 3.05) is 6.54 Å². The molecule has 2 fully saturated rings. The number of nitrogens with one attached hydrogen (secondary N) is 1. The van der Waals surface area contributed by atoms with Crippen molar-refractivity contribution >= 4 is 17.7 Å². The molecule has 2 heterocycles. The van der Waals surface area contributed by atoms with Gasteiger partial charge in [0.1, 0.15) is 12.1 Å². The second kappa shape index (κ2) is 17.9. The SMILES string of the molecule is C/C=C/C.C=CCC.CCC.NCC(=O)NC1CCC2CCC(C(N)=O)N2C1=O. The van der Waals surface area contributed by atoms with Crippen molar-refractivity contribution in [1.82, 2.24) is 10.2 Å². The standard InChI is InChI=1S/C11H18N4O3.2C4H8.C3H8/c12-5-9(16)14-7-3-1-6-2-4-8(10(13)17)15(6)11(7)18;2*1-3-4-2;1-3-2/h6-8H,1-5,12H2,(H2,13,17)(H,14,16);3-4H,1-2H3;3H,1,4H2,2H3;3H2,1-2H3/b;4-3+;;. The average Bonchev–Trinajstić information content (AvgIpc) is 3.16. The largest absolute Gasteiger partial charge is 0.368 e. The molecule has 0 bridgehead atoms. The van der Waals surface area contributed by atoms with E-state index in [0.717, 1.165) is 19.3 Å². The van der Waals surface area contributed by atoms with Crippen LogP contribution in [0.1, 0.15) is 73.1 Å². The van der Waals surface area contributed by atoms with Crippen LogP contribution < -0.4 is 16.8 Å². The van der Waals surface area contributed by atoms with E-state index in [9.17, 15) is 14.4 Å². The van der Waals surface area contributed by atoms with E-state index in [-0.39, 0.29) is 24.4 Å². The Morgan fingerprint density at radius 2 is 1.62 bits per heavy atom. The molecule has 0 aromatic rings. The van der Waals surface area contributed by atoms with Crippen molar-refractivity contribution in [3.63, 3.8) is 0 Å². The molecule has 7 nitrogen and oxygen atoms in total. The number of amides is 3. The zero-order valence-corrected chi connectivity index (χ0v) is 18.9. The van der Waals surface area contributed by atoms with E-state index in [2.05, 4.69) is 32.7 Å². The van der Waals surface area contributed by atoms with Crippen molar-refractivity contribution in [2.45, 2.75) is 91.3 Å². The first-order valence-electron chi connectivity index (χ1n) is 10.6. The average molecular weight is 411 g/mol. The fourth-order valence-corrected chi connectivity index (χ4v) is 2.83. The molecule has 2 aliphatic heterocycles. The van der Waals surface area contributed by atoms with E-state index in [1.54, 1.807) is 4.90 Å². The lowest BCUT2D eigenvalue weighted by molar-refractivity contribution is -0.145. The van der Waals surface area contributed by atoms with Crippen LogP contribution in [0.25, 0.3) is 0 Å². The molecule has 3 amide bonds. The Morgan fingerprint density at radius 1 is 1.14 bits per heavy atom. The molecular formula is C22H42N4O3. The van der Waals surface area contributed by atoms with Crippen LogP contribution in [0.3, 0.4) is 0 Å². The summed E-state index contributed by atoms with van der Waals surface area (Å²) in [4.78, 5) is 36.3. The van der Waals surface area contributed by atoms with Gasteiger partial charge < -0.3 is 21.7 Å². The molecule has 0 aliphatic carbocycles. The third kappa shape index (κ3) is 11.4. The molecule has 0 aromatic heterocycles. The number of primary amides is 1. The zero-order chi connectivity index (χ0) is 22.8. The number of nitrogens with two attached hydrogens (primary N) is 2. The molecule has 0 saturated carbocycles. The minimum absolute atomic E-state index is 0.0843. The molecule has 2 saturated heterocycles. The number of rotatable bonds is 4. The molecule has 0 radical (unpaired) electrons. The van der Waals surface area contributed by atoms with Gasteiger partial charge in [0.25, 0.3) is 0 Å². The van der Waals surface area contributed by atoms with Crippen LogP contribution in [0.15, 0.2) is 24.8 Å². The Bertz CT molecular complexity index is 516. The van der Waals surface area contributed by atoms with E-state index >= 15 is 0 Å². The number of carbonyl (C=O) groups is 3. The normalized spacial score (nSPS) is 22.1. The van der Waals surface area contributed by atoms with Crippen LogP contribution in [-0.2, 0) is 14.4 Å². The molecule has 7 heteroatoms. The maximum absolute atomic E-state index is 12.2. The summed E-state index contributed by atoms with van der Waals surface area (Å²) >= 11 is 0. The zero-order valence-electron chi connectivity index (χ0n) is 18.9. The molecule has 29 heavy (non-hydrogen) atoms. The van der Waals surface area contributed by atoms with Gasteiger partial charge in [-0.25, -0.2) is 0 Å². The van der Waals surface area contributed by atoms with Gasteiger partial charge in [0.2, 0.25) is 17.7 Å². The smallest absolute Gasteiger partial charge is 0.246 e. The highest BCUT2D eigenvalue weighted by atomic mass is 16.2. The highest BCUT2D eigenvalue weighted by molar-refractivity contribution is 5.93. The Balaban J connectivity index is 0. The van der Waals surface area contributed by atoms with Crippen LogP contribution >= 0.6 is 0 Å². The summed E-state index contributed by atoms with van der Waals surface area (Å²) in [6.45, 7) is 13.6. The molecule has 2 rings (SSSR count). The fraction of sp³-hybridized carbons (Fsp3) is 0.682. The summed E-state index contributed by atoms with van der Waals surface area (Å²) in [6, 6.07) is -1.02. The topological polar surface area (TPSA) is 119 Å². The van der Waals surface area contributed by atoms with Crippen molar-refractivity contribution in [2.24, 2.45) is 11.5 Å². The van der Waals surface area contributed by atoms with Gasteiger partial charge in [0.15, 0.2) is 0 Å². The lowest BCUT2D eigenvalue weighted by Gasteiger charge is -2.37. The number of hydrogen-bond acceptors (Lipinski definition) is 4. The summed E-state index contributed by atoms with van der Waals surface area (Å²) in [5, 5.41) is 2.58. The summed E-state index contributed by atoms with van der Waals surface area (Å²) in [7, 11) is 0. The van der Waals surface area contributed by atoms with E-state index in [1.165, 1.54) is 6.42 Å². The highest BCUT2D eigenvalue weighted by Crippen LogP contribution is 2.32. The van der Waals surface area contributed by atoms with E-state index in [0.29, 0.717) is 12.8 Å². The molecule has 3 unspecified atom stereocenters. The Kier molecular flexibility index (Phi) is 17.9. The Hall–Kier alpha value is -2.15. The van der Waals surface area contributed by atoms with Crippen LogP contribution in [-0.4, -0.2) is 47.3 Å². The lowest BCUT2D eigenvalue weighted by atomic mass is 9.98. The lowest BCUT2D eigenvalue weighted by Crippen LogP contribution is -2.58. The van der Waals surface area contributed by atoms with Gasteiger partial charge in [-0.15, -0.1) is 6.58 Å². The maximum Gasteiger partial charge on any atom is 0.246 e. The molecular weight excluding hydrogens is 368 g/mol. The van der Waals surface area contributed by atoms with Gasteiger partial charge in [-0.2, -0.15) is 0 Å². The number of nitrogens with zero attached hydrogens (tertiary/aromatic N) is 1. The summed E-state index contributed by atoms with van der Waals surface area (Å²) in [6.07, 6.45) is 11.0. The van der Waals surface area contributed by atoms with Gasteiger partial charge >= 0.3 is 0 Å². The molecule has 0 spiro atoms. The van der Waals surface area contributed by atoms with Crippen LogP contribution in [0.2, 0.25) is 0 Å². The number of hydrogen-bond donors (Lipinski definition) is 3. The third-order valence-electron chi connectivity index (χ3n) is 4.31. The second-order valence-electron chi connectivity index (χ2n) is 6.87. The fourth-order valence-electron chi connectivity index (χ4n) is 2.83. The van der Waals surface area contributed by atoms with Gasteiger partial charge in [0, 0.05) is 6.04 Å². The molecule has 5 N–H and O–H groups in total. The van der Waals surface area contributed by atoms with Crippen molar-refractivity contribution < 1.29 is 14.4 Å². The van der Waals surface area contributed by atoms with Crippen LogP contribution in [0.5, 0.6) is 0 Å². The molecule has 0 aromatic carbocycles. The predicted molar refractivity (Wildman–Crippen MR) is 120 cm³/mol. The Morgan fingerprint density at radius 3 is 2.00 bits per heavy atom. The first-order valence-corrected chi connectivity index (χ1v) is 10.6. The Labute approximate surface area is 177 Å².